The molecule has 3 heterocycles. The Labute approximate surface area is 116 Å². The van der Waals surface area contributed by atoms with E-state index in [-0.39, 0.29) is 6.01 Å². The van der Waals surface area contributed by atoms with Crippen molar-refractivity contribution in [2.45, 2.75) is 41.8 Å². The van der Waals surface area contributed by atoms with E-state index in [1.54, 1.807) is 13.3 Å². The van der Waals surface area contributed by atoms with Gasteiger partial charge in [0, 0.05) is 16.7 Å². The maximum absolute atomic E-state index is 11.0. The number of hydrogen-bond donors (Lipinski definition) is 1. The topological polar surface area (TPSA) is 64.5 Å². The smallest absolute Gasteiger partial charge is 0.319 e. The molecule has 0 amide bonds. The van der Waals surface area contributed by atoms with Gasteiger partial charge in [-0.25, -0.2) is 4.98 Å². The van der Waals surface area contributed by atoms with Gasteiger partial charge in [0.15, 0.2) is 0 Å². The van der Waals surface area contributed by atoms with E-state index in [1.807, 2.05) is 11.8 Å². The average molecular weight is 282 g/mol. The monoisotopic (exact) mass is 282 g/mol. The third-order valence-electron chi connectivity index (χ3n) is 3.94. The van der Waals surface area contributed by atoms with Crippen LogP contribution in [0.1, 0.15) is 31.2 Å². The van der Waals surface area contributed by atoms with Crippen LogP contribution in [0.25, 0.3) is 0 Å². The Balaban J connectivity index is 1.96. The van der Waals surface area contributed by atoms with Crippen molar-refractivity contribution in [2.24, 2.45) is 0 Å². The number of methoxy groups -OCH3 is 2. The second-order valence-corrected chi connectivity index (χ2v) is 6.78. The van der Waals surface area contributed by atoms with Crippen molar-refractivity contribution in [1.29, 1.82) is 0 Å². The number of ether oxygens (including phenoxy) is 2. The van der Waals surface area contributed by atoms with Crippen molar-refractivity contribution in [3.8, 4) is 11.9 Å². The van der Waals surface area contributed by atoms with Gasteiger partial charge in [0.05, 0.1) is 25.4 Å². The number of fused-ring (bicyclic) bond motifs is 2. The van der Waals surface area contributed by atoms with Crippen LogP contribution in [0, 0.1) is 0 Å². The van der Waals surface area contributed by atoms with Gasteiger partial charge in [-0.1, -0.05) is 0 Å². The molecule has 2 aliphatic heterocycles. The molecule has 5 nitrogen and oxygen atoms in total. The number of hydrogen-bond acceptors (Lipinski definition) is 6. The molecule has 1 N–H and O–H groups in total. The van der Waals surface area contributed by atoms with Gasteiger partial charge in [-0.15, -0.1) is 0 Å². The van der Waals surface area contributed by atoms with E-state index in [1.165, 1.54) is 20.0 Å². The van der Waals surface area contributed by atoms with Gasteiger partial charge in [0.25, 0.3) is 0 Å². The van der Waals surface area contributed by atoms with Crippen molar-refractivity contribution in [2.75, 3.05) is 14.2 Å². The molecule has 0 saturated carbocycles. The zero-order valence-electron chi connectivity index (χ0n) is 11.1. The molecule has 2 fully saturated rings. The molecule has 2 unspecified atom stereocenters. The Bertz CT molecular complexity index is 471. The Hall–Kier alpha value is -1.01. The molecule has 1 aromatic rings. The molecule has 3 rings (SSSR count). The minimum absolute atomic E-state index is 0.261. The lowest BCUT2D eigenvalue weighted by Crippen LogP contribution is -2.35. The van der Waals surface area contributed by atoms with Crippen LogP contribution in [0.2, 0.25) is 0 Å². The quantitative estimate of drug-likeness (QED) is 0.911. The fraction of sp³-hybridized carbons (Fsp3) is 0.692. The fourth-order valence-corrected chi connectivity index (χ4v) is 4.89. The summed E-state index contributed by atoms with van der Waals surface area (Å²) in [5, 5.41) is 12.1. The Kier molecular flexibility index (Phi) is 3.30. The maximum atomic E-state index is 11.0. The van der Waals surface area contributed by atoms with Gasteiger partial charge in [-0.2, -0.15) is 16.7 Å². The van der Waals surface area contributed by atoms with E-state index < -0.39 is 5.60 Å². The van der Waals surface area contributed by atoms with Crippen molar-refractivity contribution < 1.29 is 14.6 Å². The number of aliphatic hydroxyl groups is 1. The molecule has 2 aliphatic rings. The van der Waals surface area contributed by atoms with E-state index in [4.69, 9.17) is 9.47 Å². The highest BCUT2D eigenvalue weighted by molar-refractivity contribution is 8.00. The third-order valence-corrected chi connectivity index (χ3v) is 5.51. The summed E-state index contributed by atoms with van der Waals surface area (Å²) in [5.41, 5.74) is -0.178. The van der Waals surface area contributed by atoms with E-state index in [9.17, 15) is 5.11 Å². The molecular formula is C13H18N2O3S. The summed E-state index contributed by atoms with van der Waals surface area (Å²) >= 11 is 2.00. The van der Waals surface area contributed by atoms with Crippen molar-refractivity contribution in [1.82, 2.24) is 9.97 Å². The molecule has 0 aliphatic carbocycles. The first kappa shape index (κ1) is 13.0. The van der Waals surface area contributed by atoms with Crippen LogP contribution < -0.4 is 9.47 Å². The molecule has 1 aromatic heterocycles. The summed E-state index contributed by atoms with van der Waals surface area (Å²) in [5.74, 6) is 0.417. The van der Waals surface area contributed by atoms with Crippen LogP contribution in [0.4, 0.5) is 0 Å². The standard InChI is InChI=1S/C13H18N2O3S/c1-17-11-10(7-14-12(15-11)18-2)13(16)5-8-3-4-9(6-13)19-8/h7-9,16H,3-6H2,1-2H3. The van der Waals surface area contributed by atoms with Gasteiger partial charge in [-0.3, -0.25) is 0 Å². The van der Waals surface area contributed by atoms with E-state index >= 15 is 0 Å². The predicted octanol–water partition coefficient (Wildman–Crippen LogP) is 1.74. The second kappa shape index (κ2) is 4.83. The average Bonchev–Trinajstić information content (AvgIpc) is 2.77. The number of aromatic nitrogens is 2. The molecule has 2 atom stereocenters. The first-order chi connectivity index (χ1) is 9.14. The first-order valence-electron chi connectivity index (χ1n) is 6.48. The SMILES string of the molecule is COc1ncc(C2(O)CC3CCC(C2)S3)c(OC)n1. The summed E-state index contributed by atoms with van der Waals surface area (Å²) in [6.07, 6.45) is 5.52. The van der Waals surface area contributed by atoms with Crippen LogP contribution in [0.15, 0.2) is 6.20 Å². The summed E-state index contributed by atoms with van der Waals surface area (Å²) < 4.78 is 10.3. The van der Waals surface area contributed by atoms with Gasteiger partial charge in [0.2, 0.25) is 5.88 Å². The molecule has 104 valence electrons. The molecule has 2 saturated heterocycles. The Morgan fingerprint density at radius 2 is 1.95 bits per heavy atom. The summed E-state index contributed by atoms with van der Waals surface area (Å²) in [7, 11) is 3.07. The lowest BCUT2D eigenvalue weighted by atomic mass is 9.87. The van der Waals surface area contributed by atoms with Crippen molar-refractivity contribution >= 4 is 11.8 Å². The lowest BCUT2D eigenvalue weighted by molar-refractivity contribution is 0.0163. The second-order valence-electron chi connectivity index (χ2n) is 5.18. The van der Waals surface area contributed by atoms with Crippen LogP contribution in [-0.4, -0.2) is 39.8 Å². The van der Waals surface area contributed by atoms with Crippen LogP contribution >= 0.6 is 11.8 Å². The molecule has 19 heavy (non-hydrogen) atoms. The number of nitrogens with zero attached hydrogens (tertiary/aromatic N) is 2. The zero-order chi connectivity index (χ0) is 13.5. The molecule has 2 bridgehead atoms. The van der Waals surface area contributed by atoms with Gasteiger partial charge in [0.1, 0.15) is 0 Å². The van der Waals surface area contributed by atoms with E-state index in [0.717, 1.165) is 12.8 Å². The highest BCUT2D eigenvalue weighted by Crippen LogP contribution is 2.52. The highest BCUT2D eigenvalue weighted by atomic mass is 32.2. The zero-order valence-corrected chi connectivity index (χ0v) is 11.9. The van der Waals surface area contributed by atoms with Crippen molar-refractivity contribution in [3.05, 3.63) is 11.8 Å². The number of thioether (sulfide) groups is 1. The maximum Gasteiger partial charge on any atom is 0.319 e. The van der Waals surface area contributed by atoms with Crippen LogP contribution in [0.5, 0.6) is 11.9 Å². The molecule has 0 radical (unpaired) electrons. The normalized spacial score (nSPS) is 33.2. The fourth-order valence-electron chi connectivity index (χ4n) is 3.06. The van der Waals surface area contributed by atoms with Gasteiger partial charge >= 0.3 is 6.01 Å². The number of rotatable bonds is 3. The molecular weight excluding hydrogens is 264 g/mol. The Morgan fingerprint density at radius 3 is 2.53 bits per heavy atom. The lowest BCUT2D eigenvalue weighted by Gasteiger charge is -2.36. The highest BCUT2D eigenvalue weighted by Gasteiger charge is 2.46. The Morgan fingerprint density at radius 1 is 1.26 bits per heavy atom. The minimum Gasteiger partial charge on any atom is -0.481 e. The van der Waals surface area contributed by atoms with Crippen LogP contribution in [0.3, 0.4) is 0 Å². The summed E-state index contributed by atoms with van der Waals surface area (Å²) in [6, 6.07) is 0.261. The van der Waals surface area contributed by atoms with E-state index in [2.05, 4.69) is 9.97 Å². The largest absolute Gasteiger partial charge is 0.481 e. The van der Waals surface area contributed by atoms with E-state index in [0.29, 0.717) is 21.9 Å². The predicted molar refractivity (Wildman–Crippen MR) is 72.7 cm³/mol. The van der Waals surface area contributed by atoms with Crippen molar-refractivity contribution in [3.63, 3.8) is 0 Å². The molecule has 0 spiro atoms. The minimum atomic E-state index is -0.866. The first-order valence-corrected chi connectivity index (χ1v) is 7.42. The molecule has 6 heteroatoms. The molecule has 0 aromatic carbocycles. The van der Waals surface area contributed by atoms with Gasteiger partial charge < -0.3 is 14.6 Å². The summed E-state index contributed by atoms with van der Waals surface area (Å²) in [4.78, 5) is 8.29. The third kappa shape index (κ3) is 2.27. The van der Waals surface area contributed by atoms with Crippen LogP contribution in [-0.2, 0) is 5.60 Å². The summed E-state index contributed by atoms with van der Waals surface area (Å²) in [6.45, 7) is 0. The van der Waals surface area contributed by atoms with Gasteiger partial charge in [-0.05, 0) is 25.7 Å².